The first kappa shape index (κ1) is 7.10. The fourth-order valence-electron chi connectivity index (χ4n) is 1.38. The number of hydrogen-bond donors (Lipinski definition) is 1. The van der Waals surface area contributed by atoms with Gasteiger partial charge in [0.1, 0.15) is 17.8 Å². The lowest BCUT2D eigenvalue weighted by molar-refractivity contribution is -0.676. The predicted octanol–water partition coefficient (Wildman–Crippen LogP) is 1.42. The van der Waals surface area contributed by atoms with Gasteiger partial charge in [-0.25, -0.2) is 4.57 Å². The van der Waals surface area contributed by atoms with Crippen LogP contribution in [0.3, 0.4) is 0 Å². The Morgan fingerprint density at radius 3 is 3.09 bits per heavy atom. The molecule has 1 aromatic heterocycles. The summed E-state index contributed by atoms with van der Waals surface area (Å²) in [5.74, 6) is 0. The van der Waals surface area contributed by atoms with Crippen LogP contribution >= 0.6 is 11.3 Å². The van der Waals surface area contributed by atoms with Crippen LogP contribution in [0.15, 0.2) is 5.38 Å². The van der Waals surface area contributed by atoms with E-state index in [1.807, 2.05) is 0 Å². The van der Waals surface area contributed by atoms with Gasteiger partial charge in [0.2, 0.25) is 0 Å². The summed E-state index contributed by atoms with van der Waals surface area (Å²) in [5.41, 5.74) is 1.32. The van der Waals surface area contributed by atoms with Gasteiger partial charge in [-0.2, -0.15) is 0 Å². The van der Waals surface area contributed by atoms with E-state index < -0.39 is 0 Å². The van der Waals surface area contributed by atoms with Crippen LogP contribution < -0.4 is 9.88 Å². The maximum atomic E-state index is 3.95. The van der Waals surface area contributed by atoms with E-state index in [9.17, 15) is 0 Å². The summed E-state index contributed by atoms with van der Waals surface area (Å²) in [7, 11) is 0. The van der Waals surface area contributed by atoms with Crippen molar-refractivity contribution in [1.29, 1.82) is 0 Å². The molecule has 0 unspecified atom stereocenters. The van der Waals surface area contributed by atoms with E-state index >= 15 is 0 Å². The van der Waals surface area contributed by atoms with Crippen molar-refractivity contribution in [3.05, 3.63) is 18.0 Å². The fourth-order valence-corrected chi connectivity index (χ4v) is 2.40. The van der Waals surface area contributed by atoms with E-state index in [2.05, 4.69) is 36.0 Å². The average molecular weight is 168 g/mol. The monoisotopic (exact) mass is 168 g/mol. The summed E-state index contributed by atoms with van der Waals surface area (Å²) in [6.07, 6.45) is 0. The van der Waals surface area contributed by atoms with Crippen molar-refractivity contribution >= 4 is 16.5 Å². The minimum Gasteiger partial charge on any atom is -0.256 e. The molecule has 11 heavy (non-hydrogen) atoms. The summed E-state index contributed by atoms with van der Waals surface area (Å²) < 4.78 is 2.23. The number of anilines is 1. The van der Waals surface area contributed by atoms with Crippen molar-refractivity contribution in [2.45, 2.75) is 25.9 Å². The lowest BCUT2D eigenvalue weighted by Gasteiger charge is -2.09. The molecule has 1 aromatic rings. The Labute approximate surface area is 70.9 Å². The standard InChI is InChI=1S/C8H11N2S/c1-6-4-11-7-9-8(2,3)5-10(6)7/h4H,1,5H2,2-3H3/p+1. The number of thiazole rings is 1. The zero-order valence-corrected chi connectivity index (χ0v) is 7.66. The Balaban J connectivity index is 2.42. The van der Waals surface area contributed by atoms with Gasteiger partial charge in [0.25, 0.3) is 0 Å². The van der Waals surface area contributed by atoms with Gasteiger partial charge in [-0.1, -0.05) is 11.3 Å². The molecule has 0 spiro atoms. The summed E-state index contributed by atoms with van der Waals surface area (Å²) in [4.78, 5) is 0. The molecule has 1 N–H and O–H groups in total. The molecule has 0 saturated carbocycles. The molecule has 1 radical (unpaired) electrons. The summed E-state index contributed by atoms with van der Waals surface area (Å²) in [6.45, 7) is 9.38. The van der Waals surface area contributed by atoms with Gasteiger partial charge in [-0.3, -0.25) is 5.32 Å². The van der Waals surface area contributed by atoms with Crippen LogP contribution in [-0.2, 0) is 6.54 Å². The van der Waals surface area contributed by atoms with Crippen molar-refractivity contribution in [3.63, 3.8) is 0 Å². The van der Waals surface area contributed by atoms with E-state index in [0.717, 1.165) is 12.2 Å². The van der Waals surface area contributed by atoms with Crippen LogP contribution in [0.1, 0.15) is 19.5 Å². The Bertz CT molecular complexity index is 288. The van der Waals surface area contributed by atoms with Gasteiger partial charge in [-0.15, -0.1) is 0 Å². The maximum absolute atomic E-state index is 3.95. The fraction of sp³-hybridized carbons (Fsp3) is 0.500. The lowest BCUT2D eigenvalue weighted by Crippen LogP contribution is -2.38. The van der Waals surface area contributed by atoms with E-state index in [-0.39, 0.29) is 5.54 Å². The smallest absolute Gasteiger partial charge is 0.256 e. The van der Waals surface area contributed by atoms with E-state index in [1.54, 1.807) is 11.3 Å². The number of hydrogen-bond acceptors (Lipinski definition) is 2. The molecule has 59 valence electrons. The quantitative estimate of drug-likeness (QED) is 0.579. The van der Waals surface area contributed by atoms with Gasteiger partial charge in [0.05, 0.1) is 0 Å². The third-order valence-electron chi connectivity index (χ3n) is 1.90. The highest BCUT2D eigenvalue weighted by Crippen LogP contribution is 2.24. The second-order valence-electron chi connectivity index (χ2n) is 3.63. The van der Waals surface area contributed by atoms with Crippen LogP contribution in [-0.4, -0.2) is 5.54 Å². The molecule has 2 rings (SSSR count). The van der Waals surface area contributed by atoms with Gasteiger partial charge in [-0.05, 0) is 13.8 Å². The van der Waals surface area contributed by atoms with Crippen LogP contribution in [0.4, 0.5) is 5.13 Å². The Morgan fingerprint density at radius 1 is 1.73 bits per heavy atom. The van der Waals surface area contributed by atoms with Gasteiger partial charge in [0, 0.05) is 12.3 Å². The first-order valence-corrected chi connectivity index (χ1v) is 4.58. The zero-order valence-electron chi connectivity index (χ0n) is 6.85. The second-order valence-corrected chi connectivity index (χ2v) is 4.49. The molecule has 0 atom stereocenters. The lowest BCUT2D eigenvalue weighted by atomic mass is 10.1. The molecule has 0 bridgehead atoms. The molecule has 1 aliphatic rings. The minimum absolute atomic E-state index is 0.208. The first-order chi connectivity index (χ1) is 5.08. The average Bonchev–Trinajstić information content (AvgIpc) is 2.31. The van der Waals surface area contributed by atoms with E-state index in [4.69, 9.17) is 0 Å². The molecule has 0 amide bonds. The van der Waals surface area contributed by atoms with Crippen molar-refractivity contribution < 1.29 is 4.57 Å². The zero-order chi connectivity index (χ0) is 8.06. The largest absolute Gasteiger partial charge is 0.334 e. The molecule has 0 aromatic carbocycles. The van der Waals surface area contributed by atoms with Crippen LogP contribution in [0.5, 0.6) is 0 Å². The molecule has 0 aliphatic carbocycles. The summed E-state index contributed by atoms with van der Waals surface area (Å²) >= 11 is 1.73. The molecule has 3 heteroatoms. The molecule has 0 fully saturated rings. The van der Waals surface area contributed by atoms with E-state index in [1.165, 1.54) is 5.13 Å². The van der Waals surface area contributed by atoms with Crippen LogP contribution in [0, 0.1) is 6.92 Å². The number of fused-ring (bicyclic) bond motifs is 1. The van der Waals surface area contributed by atoms with Gasteiger partial charge >= 0.3 is 5.13 Å². The maximum Gasteiger partial charge on any atom is 0.334 e. The van der Waals surface area contributed by atoms with Crippen molar-refractivity contribution in [3.8, 4) is 0 Å². The number of rotatable bonds is 0. The molecule has 1 aliphatic heterocycles. The van der Waals surface area contributed by atoms with Crippen LogP contribution in [0.2, 0.25) is 0 Å². The molecular formula is C8H12N2S+. The molecular weight excluding hydrogens is 156 g/mol. The third kappa shape index (κ3) is 1.03. The third-order valence-corrected chi connectivity index (χ3v) is 2.83. The minimum atomic E-state index is 0.208. The Kier molecular flexibility index (Phi) is 1.27. The summed E-state index contributed by atoms with van der Waals surface area (Å²) in [5, 5.41) is 6.75. The van der Waals surface area contributed by atoms with Crippen molar-refractivity contribution in [2.24, 2.45) is 0 Å². The van der Waals surface area contributed by atoms with Crippen molar-refractivity contribution in [1.82, 2.24) is 0 Å². The first-order valence-electron chi connectivity index (χ1n) is 3.70. The topological polar surface area (TPSA) is 15.9 Å². The number of nitrogens with one attached hydrogen (secondary N) is 1. The van der Waals surface area contributed by atoms with Gasteiger partial charge < -0.3 is 0 Å². The molecule has 2 nitrogen and oxygen atoms in total. The SMILES string of the molecule is [CH2]c1csc2[n+]1CC(C)(C)N2. The van der Waals surface area contributed by atoms with Crippen LogP contribution in [0.25, 0.3) is 0 Å². The summed E-state index contributed by atoms with van der Waals surface area (Å²) in [6, 6.07) is 0. The van der Waals surface area contributed by atoms with E-state index in [0.29, 0.717) is 0 Å². The highest BCUT2D eigenvalue weighted by molar-refractivity contribution is 7.13. The molecule has 0 saturated heterocycles. The molecule has 2 heterocycles. The highest BCUT2D eigenvalue weighted by Gasteiger charge is 2.37. The Hall–Kier alpha value is -0.570. The van der Waals surface area contributed by atoms with Crippen molar-refractivity contribution in [2.75, 3.05) is 5.32 Å². The predicted molar refractivity (Wildman–Crippen MR) is 46.7 cm³/mol. The highest BCUT2D eigenvalue weighted by atomic mass is 32.1. The normalized spacial score (nSPS) is 19.5. The second kappa shape index (κ2) is 1.97. The Morgan fingerprint density at radius 2 is 2.45 bits per heavy atom. The van der Waals surface area contributed by atoms with Gasteiger partial charge in [0.15, 0.2) is 0 Å². The number of nitrogens with zero attached hydrogens (tertiary/aromatic N) is 1. The number of aromatic nitrogens is 1.